The summed E-state index contributed by atoms with van der Waals surface area (Å²) in [6.07, 6.45) is -15.6. The van der Waals surface area contributed by atoms with Crippen LogP contribution < -0.4 is 9.47 Å². The average Bonchev–Trinajstić information content (AvgIpc) is 1.52. The Kier molecular flexibility index (Phi) is 28.5. The molecule has 0 radical (unpaired) electrons. The summed E-state index contributed by atoms with van der Waals surface area (Å²) in [4.78, 5) is 43.1. The van der Waals surface area contributed by atoms with Gasteiger partial charge in [-0.1, -0.05) is 194 Å². The zero-order chi connectivity index (χ0) is 73.4. The minimum atomic E-state index is -1.68. The van der Waals surface area contributed by atoms with Gasteiger partial charge in [0, 0.05) is 13.0 Å². The van der Waals surface area contributed by atoms with Crippen molar-refractivity contribution in [1.29, 1.82) is 0 Å². The molecule has 0 bridgehead atoms. The van der Waals surface area contributed by atoms with Crippen molar-refractivity contribution in [3.05, 3.63) is 275 Å². The lowest BCUT2D eigenvalue weighted by Gasteiger charge is -2.49. The van der Waals surface area contributed by atoms with Crippen molar-refractivity contribution in [1.82, 2.24) is 4.90 Å². The van der Waals surface area contributed by atoms with Gasteiger partial charge >= 0.3 is 5.97 Å². The van der Waals surface area contributed by atoms with Crippen molar-refractivity contribution in [3.63, 3.8) is 0 Å². The zero-order valence-electron chi connectivity index (χ0n) is 59.7. The SMILES string of the molecule is COC(=O)CCCCCO[C@@H]1O[C@H](CO[C@@H]2O[C@H](CO[C@H]3O[C@H](COCc4ccccc4)[C@H](OCc4ccccc4)[C@H](OCc4ccccc4)[C@H]3OCc3ccccc3)[C@H](O)[C@H](OCc3ccc(OC)cc3)[C@H]2O)[C@@H](OCc2ccc(OC)cc2)[C@H](OCc2ccccc2)[C@H]1N1C(=O)c2ccccc2C1=O. The molecular formula is C84H93NO21. The predicted molar refractivity (Wildman–Crippen MR) is 386 cm³/mol. The number of methoxy groups -OCH3 is 3. The lowest BCUT2D eigenvalue weighted by Crippen LogP contribution is -2.67. The zero-order valence-corrected chi connectivity index (χ0v) is 59.7. The molecule has 4 heterocycles. The molecule has 8 aromatic carbocycles. The standard InChI is InChI=1S/C84H93NO21/c1-91-63-41-37-61(38-42-63)51-96-74-69(105-82(95-45-23-9-20-36-70(86)93-3)71(76(74)98-48-58-28-14-6-15-29-58)85-80(89)65-34-21-22-35-66(65)81(85)90)55-102-83-73(88)77(99-52-62-39-43-64(92-2)44-40-62)72(87)67(104-83)54-103-84-79(101-50-60-32-18-8-19-33-60)78(100-49-59-30-16-7-17-31-59)75(97-47-57-26-12-5-13-27-57)68(106-84)53-94-46-56-24-10-4-11-25-56/h4-8,10-19,21-22,24-35,37-44,67-69,71-79,82-84,87-88H,9,20,23,36,45-55H2,1-3H3/t67-,68-,69-,71-,72+,73-,74-,75+,76-,77+,78+,79-,82-,83-,84+/m1/s1. The van der Waals surface area contributed by atoms with Gasteiger partial charge in [-0.15, -0.1) is 0 Å². The maximum atomic E-state index is 14.9. The average molecular weight is 1450 g/mol. The van der Waals surface area contributed by atoms with Crippen LogP contribution in [0.5, 0.6) is 11.5 Å². The van der Waals surface area contributed by atoms with E-state index in [1.54, 1.807) is 62.8 Å². The van der Waals surface area contributed by atoms with Crippen LogP contribution in [0.3, 0.4) is 0 Å². The van der Waals surface area contributed by atoms with Gasteiger partial charge in [0.25, 0.3) is 11.8 Å². The van der Waals surface area contributed by atoms with Crippen LogP contribution in [0.25, 0.3) is 0 Å². The van der Waals surface area contributed by atoms with E-state index in [2.05, 4.69) is 0 Å². The number of unbranched alkanes of at least 4 members (excludes halogenated alkanes) is 2. The van der Waals surface area contributed by atoms with E-state index in [1.165, 1.54) is 7.11 Å². The number of esters is 1. The van der Waals surface area contributed by atoms with Gasteiger partial charge in [0.1, 0.15) is 84.7 Å². The van der Waals surface area contributed by atoms with Gasteiger partial charge in [-0.3, -0.25) is 19.3 Å². The second-order valence-electron chi connectivity index (χ2n) is 26.3. The van der Waals surface area contributed by atoms with Gasteiger partial charge in [0.05, 0.1) is 98.5 Å². The highest BCUT2D eigenvalue weighted by Crippen LogP contribution is 2.39. The summed E-state index contributed by atoms with van der Waals surface area (Å²) in [5, 5.41) is 25.4. The first-order valence-corrected chi connectivity index (χ1v) is 36.0. The molecule has 0 saturated carbocycles. The fourth-order valence-electron chi connectivity index (χ4n) is 13.4. The van der Waals surface area contributed by atoms with E-state index in [9.17, 15) is 24.6 Å². The van der Waals surface area contributed by atoms with Gasteiger partial charge in [0.15, 0.2) is 18.9 Å². The molecule has 22 nitrogen and oxygen atoms in total. The number of hydrogen-bond donors (Lipinski definition) is 2. The summed E-state index contributed by atoms with van der Waals surface area (Å²) >= 11 is 0. The Morgan fingerprint density at radius 3 is 1.24 bits per heavy atom. The predicted octanol–water partition coefficient (Wildman–Crippen LogP) is 11.1. The molecule has 4 aliphatic rings. The normalized spacial score (nSPS) is 25.1. The largest absolute Gasteiger partial charge is 0.497 e. The molecular weight excluding hydrogens is 1360 g/mol. The fraction of sp³-hybridized carbons (Fsp3) is 0.393. The number of aliphatic hydroxyl groups excluding tert-OH is 2. The van der Waals surface area contributed by atoms with E-state index in [1.807, 2.05) is 176 Å². The molecule has 2 N–H and O–H groups in total. The number of nitrogens with zero attached hydrogens (tertiary/aromatic N) is 1. The molecule has 4 aliphatic heterocycles. The number of ether oxygens (including phenoxy) is 16. The van der Waals surface area contributed by atoms with Crippen molar-refractivity contribution in [2.45, 2.75) is 164 Å². The number of aliphatic hydroxyl groups is 2. The first-order chi connectivity index (χ1) is 52.0. The lowest BCUT2D eigenvalue weighted by molar-refractivity contribution is -0.352. The van der Waals surface area contributed by atoms with Crippen molar-refractivity contribution in [2.24, 2.45) is 0 Å². The van der Waals surface area contributed by atoms with E-state index in [4.69, 9.17) is 75.8 Å². The Morgan fingerprint density at radius 2 is 0.745 bits per heavy atom. The van der Waals surface area contributed by atoms with Crippen LogP contribution in [-0.2, 0) is 117 Å². The van der Waals surface area contributed by atoms with E-state index in [0.717, 1.165) is 38.3 Å². The van der Waals surface area contributed by atoms with Crippen LogP contribution in [-0.4, -0.2) is 173 Å². The number of amides is 2. The second-order valence-corrected chi connectivity index (χ2v) is 26.3. The number of imide groups is 1. The van der Waals surface area contributed by atoms with Gasteiger partial charge in [0.2, 0.25) is 0 Å². The summed E-state index contributed by atoms with van der Waals surface area (Å²) < 4.78 is 105. The first kappa shape index (κ1) is 77.0. The third-order valence-corrected chi connectivity index (χ3v) is 19.1. The molecule has 12 rings (SSSR count). The summed E-state index contributed by atoms with van der Waals surface area (Å²) in [6.45, 7) is -0.118. The molecule has 2 amide bonds. The van der Waals surface area contributed by atoms with Gasteiger partial charge in [-0.2, -0.15) is 0 Å². The summed E-state index contributed by atoms with van der Waals surface area (Å²) in [5.41, 5.74) is 6.22. The van der Waals surface area contributed by atoms with Gasteiger partial charge in [-0.25, -0.2) is 0 Å². The van der Waals surface area contributed by atoms with E-state index >= 15 is 0 Å². The summed E-state index contributed by atoms with van der Waals surface area (Å²) in [6, 6.07) is 68.3. The third-order valence-electron chi connectivity index (χ3n) is 19.1. The van der Waals surface area contributed by atoms with Crippen LogP contribution in [0, 0.1) is 0 Å². The highest BCUT2D eigenvalue weighted by Gasteiger charge is 2.57. The maximum absolute atomic E-state index is 14.9. The van der Waals surface area contributed by atoms with Crippen molar-refractivity contribution in [3.8, 4) is 11.5 Å². The molecule has 0 spiro atoms. The van der Waals surface area contributed by atoms with Crippen molar-refractivity contribution < 1.29 is 100 Å². The Morgan fingerprint density at radius 1 is 0.358 bits per heavy atom. The number of carbonyl (C=O) groups is 3. The molecule has 22 heteroatoms. The number of carbonyl (C=O) groups excluding carboxylic acids is 3. The first-order valence-electron chi connectivity index (χ1n) is 36.0. The van der Waals surface area contributed by atoms with Crippen LogP contribution in [0.2, 0.25) is 0 Å². The molecule has 0 unspecified atom stereocenters. The smallest absolute Gasteiger partial charge is 0.305 e. The molecule has 15 atom stereocenters. The molecule has 8 aromatic rings. The quantitative estimate of drug-likeness (QED) is 0.0208. The lowest BCUT2D eigenvalue weighted by atomic mass is 9.94. The maximum Gasteiger partial charge on any atom is 0.305 e. The Bertz CT molecular complexity index is 3910. The monoisotopic (exact) mass is 1450 g/mol. The topological polar surface area (TPSA) is 243 Å². The molecule has 3 fully saturated rings. The Balaban J connectivity index is 0.881. The third kappa shape index (κ3) is 20.5. The molecule has 560 valence electrons. The van der Waals surface area contributed by atoms with E-state index < -0.39 is 117 Å². The molecule has 3 saturated heterocycles. The van der Waals surface area contributed by atoms with Crippen LogP contribution >= 0.6 is 0 Å². The minimum Gasteiger partial charge on any atom is -0.497 e. The van der Waals surface area contributed by atoms with Gasteiger partial charge in [-0.05, 0) is 88.2 Å². The van der Waals surface area contributed by atoms with E-state index in [0.29, 0.717) is 36.3 Å². The summed E-state index contributed by atoms with van der Waals surface area (Å²) in [5.74, 6) is -0.286. The van der Waals surface area contributed by atoms with Crippen molar-refractivity contribution >= 4 is 17.8 Å². The second kappa shape index (κ2) is 39.3. The summed E-state index contributed by atoms with van der Waals surface area (Å²) in [7, 11) is 4.48. The molecule has 0 aromatic heterocycles. The van der Waals surface area contributed by atoms with E-state index in [-0.39, 0.29) is 83.0 Å². The number of fused-ring (bicyclic) bond motifs is 1. The number of benzene rings is 8. The van der Waals surface area contributed by atoms with Crippen LogP contribution in [0.1, 0.15) is 85.3 Å². The highest BCUT2D eigenvalue weighted by atomic mass is 16.8. The molecule has 106 heavy (non-hydrogen) atoms. The fourth-order valence-corrected chi connectivity index (χ4v) is 13.4. The molecule has 0 aliphatic carbocycles. The minimum absolute atomic E-state index is 0.00971. The highest BCUT2D eigenvalue weighted by molar-refractivity contribution is 6.21. The number of rotatable bonds is 38. The van der Waals surface area contributed by atoms with Crippen LogP contribution in [0.15, 0.2) is 224 Å². The van der Waals surface area contributed by atoms with Crippen molar-refractivity contribution in [2.75, 3.05) is 47.8 Å². The van der Waals surface area contributed by atoms with Crippen LogP contribution in [0.4, 0.5) is 0 Å². The van der Waals surface area contributed by atoms with Gasteiger partial charge < -0.3 is 86.0 Å². The Hall–Kier alpha value is -8.63. The number of hydrogen-bond acceptors (Lipinski definition) is 21. The Labute approximate surface area is 618 Å².